The van der Waals surface area contributed by atoms with E-state index in [9.17, 15) is 4.79 Å². The van der Waals surface area contributed by atoms with Gasteiger partial charge >= 0.3 is 5.97 Å². The molecule has 39 heavy (non-hydrogen) atoms. The second-order valence-corrected chi connectivity index (χ2v) is 12.3. The van der Waals surface area contributed by atoms with Crippen LogP contribution in [0.15, 0.2) is 48.5 Å². The minimum Gasteiger partial charge on any atom is -0.494 e. The fourth-order valence-electron chi connectivity index (χ4n) is 4.74. The molecular formula is C35H53BrO3. The summed E-state index contributed by atoms with van der Waals surface area (Å²) in [5, 5.41) is 0. The molecule has 0 aliphatic carbocycles. The van der Waals surface area contributed by atoms with Gasteiger partial charge in [-0.1, -0.05) is 157 Å². The molecule has 0 saturated heterocycles. The Kier molecular flexibility index (Phi) is 18.0. The quantitative estimate of drug-likeness (QED) is 0.0583. The Hall–Kier alpha value is -1.81. The summed E-state index contributed by atoms with van der Waals surface area (Å²) in [6, 6.07) is 15.9. The van der Waals surface area contributed by atoms with Crippen molar-refractivity contribution in [1.82, 2.24) is 0 Å². The fraction of sp³-hybridized carbons (Fsp3) is 0.629. The number of hydrogen-bond acceptors (Lipinski definition) is 3. The van der Waals surface area contributed by atoms with Gasteiger partial charge in [-0.15, -0.1) is 0 Å². The second-order valence-electron chi connectivity index (χ2n) is 11.3. The Morgan fingerprint density at radius 2 is 1.00 bits per heavy atom. The van der Waals surface area contributed by atoms with Crippen molar-refractivity contribution in [1.29, 1.82) is 0 Å². The van der Waals surface area contributed by atoms with E-state index >= 15 is 0 Å². The first-order chi connectivity index (χ1) is 19.0. The maximum atomic E-state index is 12.1. The van der Waals surface area contributed by atoms with Gasteiger partial charge in [0.2, 0.25) is 0 Å². The molecule has 218 valence electrons. The van der Waals surface area contributed by atoms with Gasteiger partial charge in [-0.2, -0.15) is 0 Å². The average molecular weight is 602 g/mol. The van der Waals surface area contributed by atoms with Gasteiger partial charge in [-0.25, -0.2) is 0 Å². The SMILES string of the molecule is CCCCCCCCCCCCCCCCCCOc1ccc(-c2ccc(OC(=O)C(Br)C(C)C)cc2)cc1. The van der Waals surface area contributed by atoms with Crippen molar-refractivity contribution < 1.29 is 14.3 Å². The lowest BCUT2D eigenvalue weighted by Gasteiger charge is -2.13. The van der Waals surface area contributed by atoms with E-state index in [1.807, 2.05) is 50.2 Å². The van der Waals surface area contributed by atoms with E-state index in [1.54, 1.807) is 0 Å². The first-order valence-corrected chi connectivity index (χ1v) is 16.6. The highest BCUT2D eigenvalue weighted by Crippen LogP contribution is 2.26. The number of carbonyl (C=O) groups is 1. The van der Waals surface area contributed by atoms with Crippen molar-refractivity contribution in [2.45, 2.75) is 128 Å². The minimum absolute atomic E-state index is 0.182. The predicted molar refractivity (Wildman–Crippen MR) is 170 cm³/mol. The van der Waals surface area contributed by atoms with Gasteiger partial charge in [-0.3, -0.25) is 4.79 Å². The van der Waals surface area contributed by atoms with Crippen LogP contribution in [-0.4, -0.2) is 17.4 Å². The molecule has 0 N–H and O–H groups in total. The molecule has 2 aromatic rings. The van der Waals surface area contributed by atoms with E-state index in [4.69, 9.17) is 9.47 Å². The standard InChI is InChI=1S/C35H53BrO3/c1-4-5-6-7-8-9-10-11-12-13-14-15-16-17-18-19-28-38-32-24-20-30(21-25-32)31-22-26-33(27-23-31)39-35(37)34(36)29(2)3/h20-27,29,34H,4-19,28H2,1-3H3. The van der Waals surface area contributed by atoms with E-state index in [1.165, 1.54) is 96.3 Å². The molecule has 0 saturated carbocycles. The maximum absolute atomic E-state index is 12.1. The highest BCUT2D eigenvalue weighted by molar-refractivity contribution is 9.10. The number of ether oxygens (including phenoxy) is 2. The van der Waals surface area contributed by atoms with Crippen LogP contribution in [0.5, 0.6) is 11.5 Å². The van der Waals surface area contributed by atoms with Crippen LogP contribution in [0.4, 0.5) is 0 Å². The molecule has 0 bridgehead atoms. The smallest absolute Gasteiger partial charge is 0.325 e. The molecule has 0 aromatic heterocycles. The number of esters is 1. The monoisotopic (exact) mass is 600 g/mol. The zero-order chi connectivity index (χ0) is 28.1. The van der Waals surface area contributed by atoms with Crippen LogP contribution in [0, 0.1) is 5.92 Å². The molecule has 0 spiro atoms. The summed E-state index contributed by atoms with van der Waals surface area (Å²) in [6.45, 7) is 7.04. The maximum Gasteiger partial charge on any atom is 0.325 e. The fourth-order valence-corrected chi connectivity index (χ4v) is 4.84. The molecule has 0 radical (unpaired) electrons. The van der Waals surface area contributed by atoms with E-state index in [-0.39, 0.29) is 16.7 Å². The van der Waals surface area contributed by atoms with Gasteiger partial charge in [0.1, 0.15) is 16.3 Å². The van der Waals surface area contributed by atoms with Crippen molar-refractivity contribution in [2.24, 2.45) is 5.92 Å². The van der Waals surface area contributed by atoms with Crippen LogP contribution < -0.4 is 9.47 Å². The third-order valence-electron chi connectivity index (χ3n) is 7.34. The third kappa shape index (κ3) is 15.0. The molecule has 1 atom stereocenters. The van der Waals surface area contributed by atoms with Gasteiger partial charge < -0.3 is 9.47 Å². The first kappa shape index (κ1) is 33.4. The second kappa shape index (κ2) is 21.0. The van der Waals surface area contributed by atoms with E-state index < -0.39 is 0 Å². The summed E-state index contributed by atoms with van der Waals surface area (Å²) in [6.07, 6.45) is 22.1. The predicted octanol–water partition coefficient (Wildman–Crippen LogP) is 11.3. The van der Waals surface area contributed by atoms with E-state index in [0.29, 0.717) is 5.75 Å². The molecule has 1 unspecified atom stereocenters. The summed E-state index contributed by atoms with van der Waals surface area (Å²) in [4.78, 5) is 11.8. The van der Waals surface area contributed by atoms with Crippen molar-refractivity contribution >= 4 is 21.9 Å². The molecular weight excluding hydrogens is 548 g/mol. The molecule has 2 aromatic carbocycles. The van der Waals surface area contributed by atoms with Gasteiger partial charge in [-0.05, 0) is 47.7 Å². The molecule has 3 nitrogen and oxygen atoms in total. The molecule has 0 aliphatic rings. The largest absolute Gasteiger partial charge is 0.494 e. The van der Waals surface area contributed by atoms with Crippen molar-refractivity contribution in [3.05, 3.63) is 48.5 Å². The van der Waals surface area contributed by atoms with E-state index in [0.717, 1.165) is 29.9 Å². The minimum atomic E-state index is -0.302. The summed E-state index contributed by atoms with van der Waals surface area (Å²) in [7, 11) is 0. The number of carbonyl (C=O) groups excluding carboxylic acids is 1. The molecule has 2 rings (SSSR count). The highest BCUT2D eigenvalue weighted by atomic mass is 79.9. The van der Waals surface area contributed by atoms with Gasteiger partial charge in [0, 0.05) is 0 Å². The van der Waals surface area contributed by atoms with Gasteiger partial charge in [0.25, 0.3) is 0 Å². The van der Waals surface area contributed by atoms with E-state index in [2.05, 4.69) is 35.0 Å². The number of halogens is 1. The Labute approximate surface area is 247 Å². The lowest BCUT2D eigenvalue weighted by Crippen LogP contribution is -2.24. The number of hydrogen-bond donors (Lipinski definition) is 0. The summed E-state index contributed by atoms with van der Waals surface area (Å²) in [5.41, 5.74) is 2.20. The van der Waals surface area contributed by atoms with Crippen molar-refractivity contribution in [3.8, 4) is 22.6 Å². The number of benzene rings is 2. The molecule has 4 heteroatoms. The normalized spacial score (nSPS) is 12.0. The highest BCUT2D eigenvalue weighted by Gasteiger charge is 2.20. The Balaban J connectivity index is 1.49. The van der Waals surface area contributed by atoms with Crippen LogP contribution in [0.3, 0.4) is 0 Å². The van der Waals surface area contributed by atoms with Gasteiger partial charge in [0.05, 0.1) is 6.61 Å². The topological polar surface area (TPSA) is 35.5 Å². The Bertz CT molecular complexity index is 876. The lowest BCUT2D eigenvalue weighted by molar-refractivity contribution is -0.134. The van der Waals surface area contributed by atoms with Crippen LogP contribution in [0.25, 0.3) is 11.1 Å². The number of unbranched alkanes of at least 4 members (excludes halogenated alkanes) is 15. The molecule has 0 aliphatic heterocycles. The zero-order valence-electron chi connectivity index (χ0n) is 24.9. The average Bonchev–Trinajstić information content (AvgIpc) is 2.95. The Morgan fingerprint density at radius 3 is 1.41 bits per heavy atom. The molecule has 0 amide bonds. The zero-order valence-corrected chi connectivity index (χ0v) is 26.5. The summed E-state index contributed by atoms with van der Waals surface area (Å²) >= 11 is 3.39. The van der Waals surface area contributed by atoms with Crippen LogP contribution in [0.2, 0.25) is 0 Å². The lowest BCUT2D eigenvalue weighted by atomic mass is 10.0. The Morgan fingerprint density at radius 1 is 0.615 bits per heavy atom. The third-order valence-corrected chi connectivity index (χ3v) is 8.77. The van der Waals surface area contributed by atoms with Crippen molar-refractivity contribution in [2.75, 3.05) is 6.61 Å². The summed E-state index contributed by atoms with van der Waals surface area (Å²) in [5.74, 6) is 1.40. The van der Waals surface area contributed by atoms with Crippen LogP contribution >= 0.6 is 15.9 Å². The summed E-state index contributed by atoms with van der Waals surface area (Å²) < 4.78 is 11.4. The number of alkyl halides is 1. The first-order valence-electron chi connectivity index (χ1n) is 15.7. The number of rotatable bonds is 22. The molecule has 0 fully saturated rings. The van der Waals surface area contributed by atoms with Gasteiger partial charge in [0.15, 0.2) is 0 Å². The van der Waals surface area contributed by atoms with Crippen LogP contribution in [0.1, 0.15) is 124 Å². The van der Waals surface area contributed by atoms with Crippen molar-refractivity contribution in [3.63, 3.8) is 0 Å². The molecule has 0 heterocycles. The van der Waals surface area contributed by atoms with Crippen LogP contribution in [-0.2, 0) is 4.79 Å².